The zero-order valence-electron chi connectivity index (χ0n) is 9.94. The van der Waals surface area contributed by atoms with Crippen LogP contribution in [0.3, 0.4) is 0 Å². The van der Waals surface area contributed by atoms with Crippen LogP contribution in [0.15, 0.2) is 42.5 Å². The lowest BCUT2D eigenvalue weighted by atomic mass is 10.1. The van der Waals surface area contributed by atoms with Crippen LogP contribution in [-0.2, 0) is 0 Å². The van der Waals surface area contributed by atoms with Gasteiger partial charge in [0.05, 0.1) is 11.4 Å². The maximum atomic E-state index is 13.4. The third-order valence-electron chi connectivity index (χ3n) is 2.87. The molecule has 0 aliphatic rings. The average molecular weight is 230 g/mol. The van der Waals surface area contributed by atoms with Crippen molar-refractivity contribution >= 4 is 17.1 Å². The Morgan fingerprint density at radius 1 is 1.00 bits per heavy atom. The number of hydrogen-bond acceptors (Lipinski definition) is 2. The maximum Gasteiger partial charge on any atom is 0.148 e. The van der Waals surface area contributed by atoms with Crippen LogP contribution < -0.4 is 10.6 Å². The van der Waals surface area contributed by atoms with E-state index in [4.69, 9.17) is 5.73 Å². The molecule has 2 aromatic rings. The molecule has 2 aromatic carbocycles. The molecule has 0 spiro atoms. The summed E-state index contributed by atoms with van der Waals surface area (Å²) in [7, 11) is 1.88. The summed E-state index contributed by atoms with van der Waals surface area (Å²) in [5.74, 6) is -0.386. The topological polar surface area (TPSA) is 29.3 Å². The molecule has 0 heterocycles. The molecule has 0 fully saturated rings. The van der Waals surface area contributed by atoms with E-state index in [1.165, 1.54) is 6.07 Å². The number of anilines is 3. The Bertz CT molecular complexity index is 537. The molecule has 0 atom stereocenters. The highest BCUT2D eigenvalue weighted by Gasteiger charge is 2.11. The minimum atomic E-state index is -0.386. The molecule has 0 radical (unpaired) electrons. The smallest absolute Gasteiger partial charge is 0.148 e. The zero-order chi connectivity index (χ0) is 12.4. The number of benzene rings is 2. The molecule has 3 heteroatoms. The normalized spacial score (nSPS) is 10.3. The van der Waals surface area contributed by atoms with Crippen LogP contribution in [0.2, 0.25) is 0 Å². The van der Waals surface area contributed by atoms with Crippen LogP contribution in [0.25, 0.3) is 0 Å². The summed E-state index contributed by atoms with van der Waals surface area (Å²) in [6.07, 6.45) is 0. The van der Waals surface area contributed by atoms with Crippen LogP contribution in [0.1, 0.15) is 5.56 Å². The van der Waals surface area contributed by atoms with Crippen LogP contribution in [0.5, 0.6) is 0 Å². The van der Waals surface area contributed by atoms with Crippen molar-refractivity contribution in [1.82, 2.24) is 0 Å². The third kappa shape index (κ3) is 2.09. The first-order valence-corrected chi connectivity index (χ1v) is 5.44. The van der Waals surface area contributed by atoms with Gasteiger partial charge in [-0.25, -0.2) is 4.39 Å². The van der Waals surface area contributed by atoms with Crippen molar-refractivity contribution in [3.8, 4) is 0 Å². The van der Waals surface area contributed by atoms with E-state index in [1.807, 2.05) is 49.2 Å². The molecule has 0 aromatic heterocycles. The SMILES string of the molecule is Cc1ccccc1N(C)c1cccc(F)c1N. The minimum Gasteiger partial charge on any atom is -0.395 e. The lowest BCUT2D eigenvalue weighted by Gasteiger charge is -2.23. The Morgan fingerprint density at radius 2 is 1.65 bits per heavy atom. The molecule has 17 heavy (non-hydrogen) atoms. The van der Waals surface area contributed by atoms with Crippen molar-refractivity contribution in [2.24, 2.45) is 0 Å². The van der Waals surface area contributed by atoms with Gasteiger partial charge in [-0.1, -0.05) is 24.3 Å². The van der Waals surface area contributed by atoms with Crippen molar-refractivity contribution in [3.63, 3.8) is 0 Å². The summed E-state index contributed by atoms with van der Waals surface area (Å²) in [6, 6.07) is 12.8. The monoisotopic (exact) mass is 230 g/mol. The van der Waals surface area contributed by atoms with Crippen LogP contribution >= 0.6 is 0 Å². The van der Waals surface area contributed by atoms with E-state index in [-0.39, 0.29) is 11.5 Å². The summed E-state index contributed by atoms with van der Waals surface area (Å²) in [5, 5.41) is 0. The van der Waals surface area contributed by atoms with Crippen LogP contribution in [0.4, 0.5) is 21.5 Å². The summed E-state index contributed by atoms with van der Waals surface area (Å²) in [4.78, 5) is 1.90. The van der Waals surface area contributed by atoms with Crippen molar-refractivity contribution < 1.29 is 4.39 Å². The molecule has 0 aliphatic heterocycles. The number of para-hydroxylation sites is 2. The maximum absolute atomic E-state index is 13.4. The molecular weight excluding hydrogens is 215 g/mol. The second-order valence-electron chi connectivity index (χ2n) is 4.02. The van der Waals surface area contributed by atoms with Gasteiger partial charge in [0.25, 0.3) is 0 Å². The molecular formula is C14H15FN2. The Labute approximate surface area is 100 Å². The predicted molar refractivity (Wildman–Crippen MR) is 70.1 cm³/mol. The quantitative estimate of drug-likeness (QED) is 0.800. The van der Waals surface area contributed by atoms with E-state index in [0.717, 1.165) is 11.3 Å². The zero-order valence-corrected chi connectivity index (χ0v) is 9.94. The Kier molecular flexibility index (Phi) is 3.00. The molecule has 0 unspecified atom stereocenters. The summed E-state index contributed by atoms with van der Waals surface area (Å²) >= 11 is 0. The van der Waals surface area contributed by atoms with Gasteiger partial charge in [-0.2, -0.15) is 0 Å². The number of nitrogen functional groups attached to an aromatic ring is 1. The molecule has 2 rings (SSSR count). The number of nitrogens with two attached hydrogens (primary N) is 1. The Hall–Kier alpha value is -2.03. The third-order valence-corrected chi connectivity index (χ3v) is 2.87. The van der Waals surface area contributed by atoms with E-state index >= 15 is 0 Å². The number of aryl methyl sites for hydroxylation is 1. The van der Waals surface area contributed by atoms with Gasteiger partial charge in [-0.3, -0.25) is 0 Å². The van der Waals surface area contributed by atoms with Crippen LogP contribution in [-0.4, -0.2) is 7.05 Å². The first-order chi connectivity index (χ1) is 8.11. The summed E-state index contributed by atoms with van der Waals surface area (Å²) in [5.41, 5.74) is 8.76. The summed E-state index contributed by atoms with van der Waals surface area (Å²) < 4.78 is 13.4. The van der Waals surface area contributed by atoms with Gasteiger partial charge in [0.15, 0.2) is 0 Å². The summed E-state index contributed by atoms with van der Waals surface area (Å²) in [6.45, 7) is 2.02. The van der Waals surface area contributed by atoms with Gasteiger partial charge in [-0.05, 0) is 30.7 Å². The molecule has 0 bridgehead atoms. The van der Waals surface area contributed by atoms with E-state index in [2.05, 4.69) is 0 Å². The molecule has 2 N–H and O–H groups in total. The van der Waals surface area contributed by atoms with E-state index in [0.29, 0.717) is 5.69 Å². The first kappa shape index (κ1) is 11.5. The highest BCUT2D eigenvalue weighted by atomic mass is 19.1. The fourth-order valence-electron chi connectivity index (χ4n) is 1.89. The van der Waals surface area contributed by atoms with Gasteiger partial charge >= 0.3 is 0 Å². The van der Waals surface area contributed by atoms with Crippen molar-refractivity contribution in [1.29, 1.82) is 0 Å². The average Bonchev–Trinajstić information content (AvgIpc) is 2.32. The highest BCUT2D eigenvalue weighted by molar-refractivity contribution is 5.75. The van der Waals surface area contributed by atoms with Crippen molar-refractivity contribution in [3.05, 3.63) is 53.8 Å². The standard InChI is InChI=1S/C14H15FN2/c1-10-6-3-4-8-12(10)17(2)13-9-5-7-11(15)14(13)16/h3-9H,16H2,1-2H3. The van der Waals surface area contributed by atoms with E-state index in [1.54, 1.807) is 6.07 Å². The number of hydrogen-bond donors (Lipinski definition) is 1. The second kappa shape index (κ2) is 4.45. The highest BCUT2D eigenvalue weighted by Crippen LogP contribution is 2.31. The van der Waals surface area contributed by atoms with Gasteiger partial charge in [0.1, 0.15) is 5.82 Å². The fraction of sp³-hybridized carbons (Fsp3) is 0.143. The predicted octanol–water partition coefficient (Wildman–Crippen LogP) is 3.48. The molecule has 0 saturated heterocycles. The molecule has 2 nitrogen and oxygen atoms in total. The second-order valence-corrected chi connectivity index (χ2v) is 4.02. The molecule has 0 amide bonds. The molecule has 88 valence electrons. The molecule has 0 aliphatic carbocycles. The van der Waals surface area contributed by atoms with Crippen molar-refractivity contribution in [2.45, 2.75) is 6.92 Å². The number of rotatable bonds is 2. The Morgan fingerprint density at radius 3 is 2.35 bits per heavy atom. The van der Waals surface area contributed by atoms with E-state index < -0.39 is 0 Å². The lowest BCUT2D eigenvalue weighted by Crippen LogP contribution is -2.13. The van der Waals surface area contributed by atoms with Crippen LogP contribution in [0, 0.1) is 12.7 Å². The van der Waals surface area contributed by atoms with Gasteiger partial charge < -0.3 is 10.6 Å². The lowest BCUT2D eigenvalue weighted by molar-refractivity contribution is 0.632. The Balaban J connectivity index is 2.48. The van der Waals surface area contributed by atoms with Gasteiger partial charge in [0, 0.05) is 12.7 Å². The number of halogens is 1. The van der Waals surface area contributed by atoms with E-state index in [9.17, 15) is 4.39 Å². The molecule has 0 saturated carbocycles. The van der Waals surface area contributed by atoms with Gasteiger partial charge in [0.2, 0.25) is 0 Å². The first-order valence-electron chi connectivity index (χ1n) is 5.44. The largest absolute Gasteiger partial charge is 0.395 e. The van der Waals surface area contributed by atoms with Crippen molar-refractivity contribution in [2.75, 3.05) is 17.7 Å². The fourth-order valence-corrected chi connectivity index (χ4v) is 1.89. The number of nitrogens with zero attached hydrogens (tertiary/aromatic N) is 1. The minimum absolute atomic E-state index is 0.179. The van der Waals surface area contributed by atoms with Gasteiger partial charge in [-0.15, -0.1) is 0 Å².